The van der Waals surface area contributed by atoms with Gasteiger partial charge >= 0.3 is 18.9 Å². The topological polar surface area (TPSA) is 0 Å². The molecular formula is H4AlLiPS. The van der Waals surface area contributed by atoms with Gasteiger partial charge in [0, 0.05) is 8.02 Å². The van der Waals surface area contributed by atoms with Crippen LogP contribution in [0.4, 0.5) is 0 Å². The molecule has 0 unspecified atom stereocenters. The van der Waals surface area contributed by atoms with Gasteiger partial charge < -0.3 is 0 Å². The minimum atomic E-state index is 0. The third kappa shape index (κ3) is 9.42. The third-order valence-electron chi connectivity index (χ3n) is 0. The van der Waals surface area contributed by atoms with Crippen molar-refractivity contribution in [3.8, 4) is 0 Å². The Kier molecular flexibility index (Phi) is 99.0. The third-order valence-corrected chi connectivity index (χ3v) is 0. The Balaban J connectivity index is -0.00000000500. The van der Waals surface area contributed by atoms with Gasteiger partial charge in [-0.3, -0.25) is 0 Å². The van der Waals surface area contributed by atoms with E-state index in [0.717, 1.165) is 0 Å². The maximum atomic E-state index is 3.78. The molecule has 0 saturated heterocycles. The molecule has 19 valence electrons. The van der Waals surface area contributed by atoms with Crippen LogP contribution in [-0.2, 0) is 11.8 Å². The summed E-state index contributed by atoms with van der Waals surface area (Å²) in [7, 11) is 3.11. The van der Waals surface area contributed by atoms with Crippen molar-refractivity contribution in [3.63, 3.8) is 0 Å². The summed E-state index contributed by atoms with van der Waals surface area (Å²) in [5.74, 6) is 0. The molecule has 0 N–H and O–H groups in total. The van der Waals surface area contributed by atoms with E-state index in [1.165, 1.54) is 0 Å². The van der Waals surface area contributed by atoms with Crippen LogP contribution in [0.5, 0.6) is 0 Å². The molecule has 4 heavy (non-hydrogen) atoms. The summed E-state index contributed by atoms with van der Waals surface area (Å²) in [5.41, 5.74) is 0. The molecule has 0 aliphatic carbocycles. The first kappa shape index (κ1) is 17.4. The van der Waals surface area contributed by atoms with E-state index >= 15 is 0 Å². The van der Waals surface area contributed by atoms with E-state index in [9.17, 15) is 0 Å². The van der Waals surface area contributed by atoms with Crippen LogP contribution in [0.15, 0.2) is 0 Å². The fourth-order valence-electron chi connectivity index (χ4n) is 0. The zero-order valence-corrected chi connectivity index (χ0v) is 2.57. The van der Waals surface area contributed by atoms with Gasteiger partial charge in [0.05, 0.1) is 0 Å². The Morgan fingerprint density at radius 3 is 1.25 bits per heavy atom. The SMILES string of the molecule is [AlH3].[LiH].[P]=S. The van der Waals surface area contributed by atoms with Crippen molar-refractivity contribution in [2.24, 2.45) is 0 Å². The minimum Gasteiger partial charge on any atom is -0.0464 e. The summed E-state index contributed by atoms with van der Waals surface area (Å²) < 4.78 is 0. The quantitative estimate of drug-likeness (QED) is 0.279. The molecule has 0 spiro atoms. The molecule has 0 atom stereocenters. The van der Waals surface area contributed by atoms with Crippen LogP contribution in [0.25, 0.3) is 0 Å². The molecule has 0 aromatic rings. The van der Waals surface area contributed by atoms with Crippen molar-refractivity contribution >= 4 is 56.0 Å². The molecule has 0 heterocycles. The van der Waals surface area contributed by atoms with Crippen LogP contribution < -0.4 is 0 Å². The van der Waals surface area contributed by atoms with E-state index in [-0.39, 0.29) is 36.2 Å². The van der Waals surface area contributed by atoms with E-state index in [4.69, 9.17) is 0 Å². The van der Waals surface area contributed by atoms with E-state index in [1.54, 1.807) is 0 Å². The number of hydrogen-bond donors (Lipinski definition) is 0. The van der Waals surface area contributed by atoms with Crippen molar-refractivity contribution in [3.05, 3.63) is 0 Å². The van der Waals surface area contributed by atoms with E-state index in [1.807, 2.05) is 0 Å². The molecule has 0 aromatic carbocycles. The Hall–Kier alpha value is 1.65. The zero-order chi connectivity index (χ0) is 2.00. The van der Waals surface area contributed by atoms with Crippen molar-refractivity contribution in [1.82, 2.24) is 0 Å². The van der Waals surface area contributed by atoms with Crippen molar-refractivity contribution in [1.29, 1.82) is 0 Å². The second kappa shape index (κ2) is 22.8. The normalized spacial score (nSPS) is 1.00. The standard InChI is InChI=1S/Al.Li.PS.4H/c;;1-2;;;;. The molecular weight excluding hydrogens is 97.0 g/mol. The predicted molar refractivity (Wildman–Crippen MR) is 31.4 cm³/mol. The van der Waals surface area contributed by atoms with Gasteiger partial charge in [-0.15, -0.1) is 0 Å². The summed E-state index contributed by atoms with van der Waals surface area (Å²) in [6, 6.07) is 0. The van der Waals surface area contributed by atoms with Gasteiger partial charge in [0.15, 0.2) is 17.4 Å². The Bertz CT molecular complexity index is 8.00. The molecule has 0 nitrogen and oxygen atoms in total. The van der Waals surface area contributed by atoms with Gasteiger partial charge in [0.1, 0.15) is 0 Å². The maximum absolute atomic E-state index is 3.78. The average molecular weight is 101 g/mol. The summed E-state index contributed by atoms with van der Waals surface area (Å²) in [6.07, 6.45) is 0. The summed E-state index contributed by atoms with van der Waals surface area (Å²) in [5, 5.41) is 0. The van der Waals surface area contributed by atoms with Gasteiger partial charge in [-0.25, -0.2) is 0 Å². The first-order valence-electron chi connectivity index (χ1n) is 0.183. The second-order valence-corrected chi connectivity index (χ2v) is 0. The van der Waals surface area contributed by atoms with Crippen LogP contribution in [0.3, 0.4) is 0 Å². The van der Waals surface area contributed by atoms with Crippen molar-refractivity contribution in [2.45, 2.75) is 0 Å². The Morgan fingerprint density at radius 2 is 1.25 bits per heavy atom. The first-order valence-corrected chi connectivity index (χ1v) is 1.64. The molecule has 0 saturated carbocycles. The number of rotatable bonds is 0. The monoisotopic (exact) mass is 101 g/mol. The van der Waals surface area contributed by atoms with Gasteiger partial charge in [0.25, 0.3) is 0 Å². The summed E-state index contributed by atoms with van der Waals surface area (Å²) in [4.78, 5) is 0. The van der Waals surface area contributed by atoms with E-state index < -0.39 is 0 Å². The molecule has 0 rings (SSSR count). The minimum absolute atomic E-state index is 0. The molecule has 4 heteroatoms. The van der Waals surface area contributed by atoms with Crippen LogP contribution in [0, 0.1) is 0 Å². The van der Waals surface area contributed by atoms with Crippen LogP contribution in [0.2, 0.25) is 0 Å². The molecule has 0 bridgehead atoms. The maximum Gasteiger partial charge on any atom is 0.0464 e. The van der Waals surface area contributed by atoms with Crippen molar-refractivity contribution in [2.75, 3.05) is 0 Å². The first-order chi connectivity index (χ1) is 1.00. The van der Waals surface area contributed by atoms with Gasteiger partial charge in [-0.2, -0.15) is 0 Å². The molecule has 0 aromatic heterocycles. The predicted octanol–water partition coefficient (Wildman–Crippen LogP) is -0.974. The Labute approximate surface area is 55.9 Å². The van der Waals surface area contributed by atoms with Gasteiger partial charge in [-0.05, 0) is 11.8 Å². The van der Waals surface area contributed by atoms with Crippen molar-refractivity contribution < 1.29 is 0 Å². The summed E-state index contributed by atoms with van der Waals surface area (Å²) >= 11 is 3.78. The second-order valence-electron chi connectivity index (χ2n) is 0. The largest absolute Gasteiger partial charge is 0.0464 e. The van der Waals surface area contributed by atoms with E-state index in [0.29, 0.717) is 0 Å². The van der Waals surface area contributed by atoms with Gasteiger partial charge in [-0.1, -0.05) is 0 Å². The molecule has 0 aliphatic heterocycles. The zero-order valence-electron chi connectivity index (χ0n) is 0.855. The Morgan fingerprint density at radius 1 is 1.25 bits per heavy atom. The molecule has 1 radical (unpaired) electrons. The average Bonchev–Trinajstić information content (AvgIpc) is 1.00. The van der Waals surface area contributed by atoms with Crippen LogP contribution >= 0.6 is 8.02 Å². The molecule has 0 aliphatic rings. The molecule has 0 amide bonds. The van der Waals surface area contributed by atoms with Gasteiger partial charge in [0.2, 0.25) is 0 Å². The van der Waals surface area contributed by atoms with Crippen LogP contribution in [0.1, 0.15) is 0 Å². The fourth-order valence-corrected chi connectivity index (χ4v) is 0. The molecule has 0 fully saturated rings. The fraction of sp³-hybridized carbons (Fsp3) is 0. The van der Waals surface area contributed by atoms with E-state index in [2.05, 4.69) is 19.8 Å². The smallest absolute Gasteiger partial charge is 0.0464 e. The number of hydrogen-bond acceptors (Lipinski definition) is 1. The summed E-state index contributed by atoms with van der Waals surface area (Å²) in [6.45, 7) is 0. The van der Waals surface area contributed by atoms with Crippen LogP contribution in [-0.4, -0.2) is 36.2 Å².